The van der Waals surface area contributed by atoms with Gasteiger partial charge in [0.05, 0.1) is 9.88 Å². The standard InChI is InChI=1S/C10H12F2N2O2S2/c1-14(5-4-10(13)17)18(15,16)7-2-3-8(11)9(12)6-7/h2-3,6H,4-5H2,1H3,(H2,13,17). The summed E-state index contributed by atoms with van der Waals surface area (Å²) in [6.45, 7) is 0.0800. The minimum atomic E-state index is -3.86. The molecule has 0 aliphatic heterocycles. The normalized spacial score (nSPS) is 11.8. The van der Waals surface area contributed by atoms with Crippen LogP contribution in [0.15, 0.2) is 23.1 Å². The number of nitrogens with two attached hydrogens (primary N) is 1. The number of sulfonamides is 1. The minimum absolute atomic E-state index is 0.0800. The number of nitrogens with zero attached hydrogens (tertiary/aromatic N) is 1. The SMILES string of the molecule is CN(CCC(N)=S)S(=O)(=O)c1ccc(F)c(F)c1. The Balaban J connectivity index is 2.98. The van der Waals surface area contributed by atoms with Crippen molar-refractivity contribution < 1.29 is 17.2 Å². The Labute approximate surface area is 109 Å². The largest absolute Gasteiger partial charge is 0.393 e. The zero-order valence-corrected chi connectivity index (χ0v) is 11.2. The Morgan fingerprint density at radius 3 is 2.50 bits per heavy atom. The van der Waals surface area contributed by atoms with Crippen molar-refractivity contribution >= 4 is 27.2 Å². The van der Waals surface area contributed by atoms with Gasteiger partial charge in [-0.3, -0.25) is 0 Å². The molecule has 0 atom stereocenters. The molecule has 0 bridgehead atoms. The lowest BCUT2D eigenvalue weighted by atomic mass is 10.3. The van der Waals surface area contributed by atoms with Gasteiger partial charge in [-0.2, -0.15) is 0 Å². The monoisotopic (exact) mass is 294 g/mol. The number of hydrogen-bond acceptors (Lipinski definition) is 3. The van der Waals surface area contributed by atoms with Crippen LogP contribution in [-0.4, -0.2) is 31.3 Å². The van der Waals surface area contributed by atoms with E-state index in [1.807, 2.05) is 0 Å². The van der Waals surface area contributed by atoms with Crippen LogP contribution in [0.2, 0.25) is 0 Å². The molecule has 1 aromatic carbocycles. The predicted molar refractivity (Wildman–Crippen MR) is 67.6 cm³/mol. The third kappa shape index (κ3) is 3.44. The maximum absolute atomic E-state index is 13.0. The van der Waals surface area contributed by atoms with Crippen molar-refractivity contribution in [3.8, 4) is 0 Å². The molecule has 8 heteroatoms. The van der Waals surface area contributed by atoms with Gasteiger partial charge >= 0.3 is 0 Å². The highest BCUT2D eigenvalue weighted by Gasteiger charge is 2.21. The van der Waals surface area contributed by atoms with Gasteiger partial charge in [-0.25, -0.2) is 21.5 Å². The Morgan fingerprint density at radius 2 is 2.00 bits per heavy atom. The van der Waals surface area contributed by atoms with E-state index in [-0.39, 0.29) is 22.8 Å². The van der Waals surface area contributed by atoms with Gasteiger partial charge in [0.2, 0.25) is 10.0 Å². The molecule has 0 saturated carbocycles. The van der Waals surface area contributed by atoms with Crippen LogP contribution in [0.25, 0.3) is 0 Å². The molecule has 0 saturated heterocycles. The lowest BCUT2D eigenvalue weighted by molar-refractivity contribution is 0.474. The van der Waals surface area contributed by atoms with Crippen molar-refractivity contribution in [2.24, 2.45) is 5.73 Å². The van der Waals surface area contributed by atoms with E-state index in [4.69, 9.17) is 5.73 Å². The summed E-state index contributed by atoms with van der Waals surface area (Å²) in [6, 6.07) is 2.41. The molecule has 0 aromatic heterocycles. The van der Waals surface area contributed by atoms with Gasteiger partial charge in [0.15, 0.2) is 11.6 Å². The zero-order valence-electron chi connectivity index (χ0n) is 9.56. The van der Waals surface area contributed by atoms with Gasteiger partial charge in [-0.1, -0.05) is 12.2 Å². The molecule has 0 spiro atoms. The number of benzene rings is 1. The van der Waals surface area contributed by atoms with Crippen molar-refractivity contribution in [3.05, 3.63) is 29.8 Å². The summed E-state index contributed by atoms with van der Waals surface area (Å²) in [6.07, 6.45) is 0.217. The van der Waals surface area contributed by atoms with Crippen molar-refractivity contribution in [2.75, 3.05) is 13.6 Å². The number of thiocarbonyl (C=S) groups is 1. The summed E-state index contributed by atoms with van der Waals surface area (Å²) in [4.78, 5) is -0.130. The van der Waals surface area contributed by atoms with Crippen LogP contribution in [0.1, 0.15) is 6.42 Å². The first-order valence-electron chi connectivity index (χ1n) is 4.95. The summed E-state index contributed by atoms with van der Waals surface area (Å²) in [5.41, 5.74) is 5.27. The van der Waals surface area contributed by atoms with Crippen molar-refractivity contribution in [3.63, 3.8) is 0 Å². The molecule has 0 aliphatic rings. The summed E-state index contributed by atoms with van der Waals surface area (Å²) in [7, 11) is -2.55. The minimum Gasteiger partial charge on any atom is -0.393 e. The van der Waals surface area contributed by atoms with Crippen molar-refractivity contribution in [1.82, 2.24) is 4.31 Å². The van der Waals surface area contributed by atoms with E-state index in [1.165, 1.54) is 7.05 Å². The highest BCUT2D eigenvalue weighted by atomic mass is 32.2. The topological polar surface area (TPSA) is 63.4 Å². The molecule has 18 heavy (non-hydrogen) atoms. The molecule has 0 fully saturated rings. The molecule has 1 aromatic rings. The molecule has 0 unspecified atom stereocenters. The van der Waals surface area contributed by atoms with Crippen LogP contribution < -0.4 is 5.73 Å². The fraction of sp³-hybridized carbons (Fsp3) is 0.300. The van der Waals surface area contributed by atoms with E-state index >= 15 is 0 Å². The summed E-state index contributed by atoms with van der Waals surface area (Å²) in [5.74, 6) is -2.31. The summed E-state index contributed by atoms with van der Waals surface area (Å²) >= 11 is 4.64. The third-order valence-electron chi connectivity index (χ3n) is 2.27. The molecular formula is C10H12F2N2O2S2. The summed E-state index contributed by atoms with van der Waals surface area (Å²) < 4.78 is 50.6. The molecule has 4 nitrogen and oxygen atoms in total. The fourth-order valence-corrected chi connectivity index (χ4v) is 2.48. The van der Waals surface area contributed by atoms with Crippen LogP contribution in [-0.2, 0) is 10.0 Å². The molecule has 100 valence electrons. The van der Waals surface area contributed by atoms with E-state index in [9.17, 15) is 17.2 Å². The maximum Gasteiger partial charge on any atom is 0.242 e. The average molecular weight is 294 g/mol. The Hall–Kier alpha value is -1.12. The van der Waals surface area contributed by atoms with Gasteiger partial charge in [-0.05, 0) is 18.2 Å². The van der Waals surface area contributed by atoms with Crippen LogP contribution in [0, 0.1) is 11.6 Å². The molecule has 1 rings (SSSR count). The van der Waals surface area contributed by atoms with E-state index in [1.54, 1.807) is 0 Å². The van der Waals surface area contributed by atoms with Crippen molar-refractivity contribution in [2.45, 2.75) is 11.3 Å². The Bertz CT molecular complexity index is 561. The highest BCUT2D eigenvalue weighted by molar-refractivity contribution is 7.89. The van der Waals surface area contributed by atoms with Crippen LogP contribution in [0.5, 0.6) is 0 Å². The highest BCUT2D eigenvalue weighted by Crippen LogP contribution is 2.17. The average Bonchev–Trinajstić information content (AvgIpc) is 2.29. The number of halogens is 2. The van der Waals surface area contributed by atoms with Gasteiger partial charge < -0.3 is 5.73 Å². The molecule has 2 N–H and O–H groups in total. The lowest BCUT2D eigenvalue weighted by Crippen LogP contribution is -2.30. The van der Waals surface area contributed by atoms with Gasteiger partial charge in [0.1, 0.15) is 0 Å². The molecule has 0 radical (unpaired) electrons. The second kappa shape index (κ2) is 5.68. The third-order valence-corrected chi connectivity index (χ3v) is 4.33. The predicted octanol–water partition coefficient (Wildman–Crippen LogP) is 1.26. The number of rotatable bonds is 5. The molecule has 0 amide bonds. The summed E-state index contributed by atoms with van der Waals surface area (Å²) in [5, 5.41) is 0. The van der Waals surface area contributed by atoms with Crippen LogP contribution in [0.3, 0.4) is 0 Å². The van der Waals surface area contributed by atoms with E-state index in [2.05, 4.69) is 12.2 Å². The zero-order chi connectivity index (χ0) is 13.9. The fourth-order valence-electron chi connectivity index (χ4n) is 1.21. The van der Waals surface area contributed by atoms with Gasteiger partial charge in [0.25, 0.3) is 0 Å². The van der Waals surface area contributed by atoms with Gasteiger partial charge in [-0.15, -0.1) is 0 Å². The van der Waals surface area contributed by atoms with E-state index in [0.29, 0.717) is 6.07 Å². The Kier molecular flexibility index (Phi) is 4.71. The smallest absolute Gasteiger partial charge is 0.242 e. The maximum atomic E-state index is 13.0. The first-order chi connectivity index (χ1) is 8.25. The second-order valence-corrected chi connectivity index (χ2v) is 6.19. The van der Waals surface area contributed by atoms with Crippen LogP contribution >= 0.6 is 12.2 Å². The van der Waals surface area contributed by atoms with E-state index in [0.717, 1.165) is 16.4 Å². The quantitative estimate of drug-likeness (QED) is 0.831. The first kappa shape index (κ1) is 14.9. The molecule has 0 aliphatic carbocycles. The van der Waals surface area contributed by atoms with Crippen molar-refractivity contribution in [1.29, 1.82) is 0 Å². The van der Waals surface area contributed by atoms with Crippen LogP contribution in [0.4, 0.5) is 8.78 Å². The first-order valence-corrected chi connectivity index (χ1v) is 6.79. The van der Waals surface area contributed by atoms with E-state index < -0.39 is 21.7 Å². The molecule has 0 heterocycles. The number of hydrogen-bond donors (Lipinski definition) is 1. The second-order valence-electron chi connectivity index (χ2n) is 3.62. The lowest BCUT2D eigenvalue weighted by Gasteiger charge is -2.16. The van der Waals surface area contributed by atoms with Gasteiger partial charge in [0, 0.05) is 20.0 Å². The Morgan fingerprint density at radius 1 is 1.39 bits per heavy atom. The molecular weight excluding hydrogens is 282 g/mol.